The van der Waals surface area contributed by atoms with Crippen molar-refractivity contribution < 1.29 is 29.5 Å². The van der Waals surface area contributed by atoms with E-state index in [0.717, 1.165) is 4.90 Å². The maximum absolute atomic E-state index is 12.8. The van der Waals surface area contributed by atoms with Gasteiger partial charge in [0, 0.05) is 29.6 Å². The molecule has 1 atom stereocenters. The van der Waals surface area contributed by atoms with Crippen LogP contribution in [-0.2, 0) is 14.4 Å². The van der Waals surface area contributed by atoms with Crippen LogP contribution in [0.1, 0.15) is 30.0 Å². The van der Waals surface area contributed by atoms with Crippen LogP contribution in [-0.4, -0.2) is 44.2 Å². The minimum atomic E-state index is -1.24. The molecule has 0 saturated carbocycles. The predicted molar refractivity (Wildman–Crippen MR) is 110 cm³/mol. The number of carboxylic acids is 1. The van der Waals surface area contributed by atoms with Gasteiger partial charge in [-0.1, -0.05) is 23.7 Å². The molecule has 1 aliphatic rings. The molecule has 3 rings (SSSR count). The SMILES string of the molecule is O=C(O)CCCN1C(=O)C(=O)C(=C(O)c2ccc(Cl)cc2)[C@H]1c1ccccc1[N+](=O)[O-]. The molecule has 1 amide bonds. The number of nitro benzene ring substituents is 1. The number of benzene rings is 2. The second-order valence-corrected chi connectivity index (χ2v) is 7.25. The third-order valence-corrected chi connectivity index (χ3v) is 5.13. The number of carbonyl (C=O) groups excluding carboxylic acids is 2. The number of carboxylic acid groups (broad SMARTS) is 1. The summed E-state index contributed by atoms with van der Waals surface area (Å²) in [5, 5.41) is 31.7. The molecule has 2 N–H and O–H groups in total. The summed E-state index contributed by atoms with van der Waals surface area (Å²) in [5.41, 5.74) is -0.398. The number of ketones is 1. The van der Waals surface area contributed by atoms with Crippen molar-refractivity contribution in [2.24, 2.45) is 0 Å². The van der Waals surface area contributed by atoms with E-state index >= 15 is 0 Å². The zero-order valence-corrected chi connectivity index (χ0v) is 16.8. The van der Waals surface area contributed by atoms with Crippen molar-refractivity contribution in [1.82, 2.24) is 4.90 Å². The van der Waals surface area contributed by atoms with Crippen LogP contribution in [0.5, 0.6) is 0 Å². The van der Waals surface area contributed by atoms with E-state index in [-0.39, 0.29) is 41.8 Å². The largest absolute Gasteiger partial charge is 0.507 e. The molecule has 1 heterocycles. The number of halogens is 1. The van der Waals surface area contributed by atoms with E-state index in [0.29, 0.717) is 5.02 Å². The molecule has 0 radical (unpaired) electrons. The molecule has 2 aromatic carbocycles. The monoisotopic (exact) mass is 444 g/mol. The normalized spacial score (nSPS) is 17.7. The number of para-hydroxylation sites is 1. The predicted octanol–water partition coefficient (Wildman–Crippen LogP) is 3.53. The summed E-state index contributed by atoms with van der Waals surface area (Å²) in [4.78, 5) is 48.5. The lowest BCUT2D eigenvalue weighted by atomic mass is 9.94. The number of aliphatic hydroxyl groups is 1. The van der Waals surface area contributed by atoms with E-state index in [2.05, 4.69) is 0 Å². The van der Waals surface area contributed by atoms with Gasteiger partial charge in [-0.3, -0.25) is 24.5 Å². The number of aliphatic hydroxyl groups excluding tert-OH is 1. The number of carbonyl (C=O) groups is 3. The Labute approximate surface area is 181 Å². The third-order valence-electron chi connectivity index (χ3n) is 4.88. The van der Waals surface area contributed by atoms with Crippen LogP contribution in [0.25, 0.3) is 5.76 Å². The van der Waals surface area contributed by atoms with Crippen LogP contribution in [0, 0.1) is 10.1 Å². The maximum Gasteiger partial charge on any atom is 0.303 e. The molecule has 160 valence electrons. The summed E-state index contributed by atoms with van der Waals surface area (Å²) in [5.74, 6) is -3.56. The van der Waals surface area contributed by atoms with Crippen molar-refractivity contribution in [3.05, 3.63) is 80.4 Å². The third kappa shape index (κ3) is 4.41. The number of nitrogens with zero attached hydrogens (tertiary/aromatic N) is 2. The zero-order valence-electron chi connectivity index (χ0n) is 16.0. The maximum atomic E-state index is 12.8. The highest BCUT2D eigenvalue weighted by Gasteiger charge is 2.47. The van der Waals surface area contributed by atoms with Crippen LogP contribution < -0.4 is 0 Å². The number of aliphatic carboxylic acids is 1. The fraction of sp³-hybridized carbons (Fsp3) is 0.190. The van der Waals surface area contributed by atoms with Crippen molar-refractivity contribution in [3.63, 3.8) is 0 Å². The minimum absolute atomic E-state index is 0.0282. The van der Waals surface area contributed by atoms with Gasteiger partial charge in [-0.15, -0.1) is 0 Å². The summed E-state index contributed by atoms with van der Waals surface area (Å²) >= 11 is 5.86. The molecule has 1 saturated heterocycles. The van der Waals surface area contributed by atoms with E-state index in [1.54, 1.807) is 0 Å². The molecule has 2 aromatic rings. The number of likely N-dealkylation sites (tertiary alicyclic amines) is 1. The van der Waals surface area contributed by atoms with E-state index in [1.807, 2.05) is 0 Å². The highest BCUT2D eigenvalue weighted by molar-refractivity contribution is 6.46. The lowest BCUT2D eigenvalue weighted by Crippen LogP contribution is -2.31. The van der Waals surface area contributed by atoms with Crippen LogP contribution in [0.3, 0.4) is 0 Å². The van der Waals surface area contributed by atoms with Gasteiger partial charge in [0.05, 0.1) is 22.1 Å². The minimum Gasteiger partial charge on any atom is -0.507 e. The van der Waals surface area contributed by atoms with Crippen LogP contribution >= 0.6 is 11.6 Å². The van der Waals surface area contributed by atoms with Gasteiger partial charge in [-0.05, 0) is 36.8 Å². The molecular formula is C21H17ClN2O7. The van der Waals surface area contributed by atoms with E-state index < -0.39 is 34.4 Å². The molecular weight excluding hydrogens is 428 g/mol. The molecule has 0 spiro atoms. The molecule has 10 heteroatoms. The highest BCUT2D eigenvalue weighted by Crippen LogP contribution is 2.42. The standard InChI is InChI=1S/C21H17ClN2O7/c22-13-9-7-12(8-10-13)19(27)17-18(14-4-1-2-5-15(14)24(30)31)23(21(29)20(17)28)11-3-6-16(25)26/h1-2,4-5,7-10,18,27H,3,6,11H2,(H,25,26)/t18-/m1/s1. The van der Waals surface area contributed by atoms with Crippen molar-refractivity contribution in [2.75, 3.05) is 6.54 Å². The van der Waals surface area contributed by atoms with Gasteiger partial charge < -0.3 is 15.1 Å². The molecule has 31 heavy (non-hydrogen) atoms. The Balaban J connectivity index is 2.18. The molecule has 0 aromatic heterocycles. The summed E-state index contributed by atoms with van der Waals surface area (Å²) in [6.07, 6.45) is -0.232. The van der Waals surface area contributed by atoms with Crippen LogP contribution in [0.15, 0.2) is 54.1 Å². The lowest BCUT2D eigenvalue weighted by Gasteiger charge is -2.25. The van der Waals surface area contributed by atoms with Gasteiger partial charge in [-0.2, -0.15) is 0 Å². The summed E-state index contributed by atoms with van der Waals surface area (Å²) in [6.45, 7) is -0.134. The van der Waals surface area contributed by atoms with Gasteiger partial charge >= 0.3 is 5.97 Å². The first-order chi connectivity index (χ1) is 14.7. The second kappa shape index (κ2) is 8.97. The van der Waals surface area contributed by atoms with Crippen molar-refractivity contribution in [2.45, 2.75) is 18.9 Å². The van der Waals surface area contributed by atoms with E-state index in [1.165, 1.54) is 48.5 Å². The Bertz CT molecular complexity index is 1100. The summed E-state index contributed by atoms with van der Waals surface area (Å²) in [7, 11) is 0. The summed E-state index contributed by atoms with van der Waals surface area (Å²) < 4.78 is 0. The summed E-state index contributed by atoms with van der Waals surface area (Å²) in [6, 6.07) is 10.2. The van der Waals surface area contributed by atoms with Crippen molar-refractivity contribution in [3.8, 4) is 0 Å². The van der Waals surface area contributed by atoms with E-state index in [4.69, 9.17) is 16.7 Å². The molecule has 0 aliphatic carbocycles. The number of hydrogen-bond donors (Lipinski definition) is 2. The molecule has 1 aliphatic heterocycles. The van der Waals surface area contributed by atoms with Gasteiger partial charge in [0.25, 0.3) is 17.4 Å². The number of hydrogen-bond acceptors (Lipinski definition) is 6. The smallest absolute Gasteiger partial charge is 0.303 e. The number of amides is 1. The number of rotatable bonds is 7. The number of nitro groups is 1. The first-order valence-electron chi connectivity index (χ1n) is 9.21. The Kier molecular flexibility index (Phi) is 6.36. The van der Waals surface area contributed by atoms with Gasteiger partial charge in [0.15, 0.2) is 0 Å². The fourth-order valence-electron chi connectivity index (χ4n) is 3.48. The molecule has 0 bridgehead atoms. The van der Waals surface area contributed by atoms with Crippen LogP contribution in [0.2, 0.25) is 5.02 Å². The first kappa shape index (κ1) is 22.0. The lowest BCUT2D eigenvalue weighted by molar-refractivity contribution is -0.385. The zero-order chi connectivity index (χ0) is 22.7. The molecule has 1 fully saturated rings. The highest BCUT2D eigenvalue weighted by atomic mass is 35.5. The molecule has 9 nitrogen and oxygen atoms in total. The van der Waals surface area contributed by atoms with Crippen molar-refractivity contribution >= 4 is 40.7 Å². The van der Waals surface area contributed by atoms with Gasteiger partial charge in [0.1, 0.15) is 5.76 Å². The quantitative estimate of drug-likeness (QED) is 0.219. The first-order valence-corrected chi connectivity index (χ1v) is 9.59. The Morgan fingerprint density at radius 3 is 2.35 bits per heavy atom. The Hall–Kier alpha value is -3.72. The Morgan fingerprint density at radius 2 is 1.74 bits per heavy atom. The Morgan fingerprint density at radius 1 is 1.10 bits per heavy atom. The van der Waals surface area contributed by atoms with E-state index in [9.17, 15) is 29.6 Å². The second-order valence-electron chi connectivity index (χ2n) is 6.81. The number of Topliss-reactive ketones (excluding diaryl/α,β-unsaturated/α-hetero) is 1. The van der Waals surface area contributed by atoms with Crippen LogP contribution in [0.4, 0.5) is 5.69 Å². The topological polar surface area (TPSA) is 138 Å². The van der Waals surface area contributed by atoms with Gasteiger partial charge in [-0.25, -0.2) is 0 Å². The average Bonchev–Trinajstić information content (AvgIpc) is 2.98. The van der Waals surface area contributed by atoms with Gasteiger partial charge in [0.2, 0.25) is 0 Å². The average molecular weight is 445 g/mol. The molecule has 0 unspecified atom stereocenters. The van der Waals surface area contributed by atoms with Crippen molar-refractivity contribution in [1.29, 1.82) is 0 Å². The fourth-order valence-corrected chi connectivity index (χ4v) is 3.61.